The van der Waals surface area contributed by atoms with Gasteiger partial charge >= 0.3 is 11.7 Å². The van der Waals surface area contributed by atoms with Crippen molar-refractivity contribution in [1.29, 1.82) is 0 Å². The highest BCUT2D eigenvalue weighted by Gasteiger charge is 2.17. The second-order valence-corrected chi connectivity index (χ2v) is 5.29. The first-order chi connectivity index (χ1) is 13.0. The van der Waals surface area contributed by atoms with E-state index in [1.54, 1.807) is 30.3 Å². The molecule has 0 fully saturated rings. The zero-order valence-electron chi connectivity index (χ0n) is 15.1. The summed E-state index contributed by atoms with van der Waals surface area (Å²) in [5, 5.41) is 11.1. The Balaban J connectivity index is 2.30. The highest BCUT2D eigenvalue weighted by atomic mass is 16.6. The van der Waals surface area contributed by atoms with Crippen LogP contribution in [0.2, 0.25) is 0 Å². The zero-order chi connectivity index (χ0) is 19.8. The Morgan fingerprint density at radius 2 is 1.74 bits per heavy atom. The largest absolute Gasteiger partial charge is 0.493 e. The minimum absolute atomic E-state index is 0.0598. The van der Waals surface area contributed by atoms with Crippen molar-refractivity contribution in [3.05, 3.63) is 63.7 Å². The summed E-state index contributed by atoms with van der Waals surface area (Å²) in [6.45, 7) is -0.203. The Morgan fingerprint density at radius 1 is 1.04 bits per heavy atom. The van der Waals surface area contributed by atoms with Crippen LogP contribution in [0.1, 0.15) is 5.56 Å². The Morgan fingerprint density at radius 3 is 2.37 bits per heavy atom. The van der Waals surface area contributed by atoms with Crippen molar-refractivity contribution in [3.8, 4) is 17.2 Å². The summed E-state index contributed by atoms with van der Waals surface area (Å²) >= 11 is 0. The fourth-order valence-corrected chi connectivity index (χ4v) is 2.32. The van der Waals surface area contributed by atoms with Crippen LogP contribution in [0.25, 0.3) is 6.08 Å². The Kier molecular flexibility index (Phi) is 6.76. The summed E-state index contributed by atoms with van der Waals surface area (Å²) in [6, 6.07) is 11.0. The molecule has 0 amide bonds. The smallest absolute Gasteiger partial charge is 0.337 e. The van der Waals surface area contributed by atoms with Gasteiger partial charge in [-0.2, -0.15) is 0 Å². The Bertz CT molecular complexity index is 861. The van der Waals surface area contributed by atoms with Crippen molar-refractivity contribution in [2.45, 2.75) is 0 Å². The number of rotatable bonds is 8. The van der Waals surface area contributed by atoms with Gasteiger partial charge in [0, 0.05) is 6.07 Å². The van der Waals surface area contributed by atoms with Crippen LogP contribution in [-0.2, 0) is 9.53 Å². The van der Waals surface area contributed by atoms with Crippen molar-refractivity contribution < 1.29 is 28.7 Å². The van der Waals surface area contributed by atoms with Crippen LogP contribution in [-0.4, -0.2) is 38.8 Å². The van der Waals surface area contributed by atoms with Crippen LogP contribution in [0.4, 0.5) is 5.69 Å². The van der Waals surface area contributed by atoms with E-state index in [4.69, 9.17) is 18.9 Å². The first-order valence-electron chi connectivity index (χ1n) is 7.87. The van der Waals surface area contributed by atoms with Crippen molar-refractivity contribution in [2.75, 3.05) is 27.9 Å². The van der Waals surface area contributed by atoms with Gasteiger partial charge in [-0.25, -0.2) is 4.79 Å². The first-order valence-corrected chi connectivity index (χ1v) is 7.87. The molecule has 0 spiro atoms. The molecule has 0 aliphatic carbocycles. The zero-order valence-corrected chi connectivity index (χ0v) is 15.1. The average Bonchev–Trinajstić information content (AvgIpc) is 2.70. The quantitative estimate of drug-likeness (QED) is 0.303. The fourth-order valence-electron chi connectivity index (χ4n) is 2.32. The summed E-state index contributed by atoms with van der Waals surface area (Å²) in [7, 11) is 4.27. The molecular formula is C19H19NO7. The van der Waals surface area contributed by atoms with Crippen molar-refractivity contribution >= 4 is 17.7 Å². The number of hydrogen-bond donors (Lipinski definition) is 0. The summed E-state index contributed by atoms with van der Waals surface area (Å²) in [5.41, 5.74) is 0.648. The van der Waals surface area contributed by atoms with E-state index in [1.807, 2.05) is 0 Å². The van der Waals surface area contributed by atoms with Crippen LogP contribution in [0.3, 0.4) is 0 Å². The number of para-hydroxylation sites is 2. The van der Waals surface area contributed by atoms with Crippen LogP contribution < -0.4 is 14.2 Å². The number of nitro groups is 1. The van der Waals surface area contributed by atoms with E-state index >= 15 is 0 Å². The lowest BCUT2D eigenvalue weighted by Crippen LogP contribution is -2.13. The summed E-state index contributed by atoms with van der Waals surface area (Å²) in [4.78, 5) is 22.6. The van der Waals surface area contributed by atoms with Crippen LogP contribution in [0, 0.1) is 10.1 Å². The van der Waals surface area contributed by atoms with Gasteiger partial charge in [-0.1, -0.05) is 18.2 Å². The lowest BCUT2D eigenvalue weighted by molar-refractivity contribution is -0.385. The predicted octanol–water partition coefficient (Wildman–Crippen LogP) is 3.25. The molecule has 0 unspecified atom stereocenters. The lowest BCUT2D eigenvalue weighted by Gasteiger charge is -2.10. The third kappa shape index (κ3) is 4.97. The molecule has 2 rings (SSSR count). The molecule has 8 nitrogen and oxygen atoms in total. The maximum Gasteiger partial charge on any atom is 0.337 e. The molecule has 0 aromatic heterocycles. The second-order valence-electron chi connectivity index (χ2n) is 5.29. The number of esters is 1. The highest BCUT2D eigenvalue weighted by Crippen LogP contribution is 2.29. The summed E-state index contributed by atoms with van der Waals surface area (Å²) in [6.07, 6.45) is 1.56. The van der Waals surface area contributed by atoms with Gasteiger partial charge in [0.05, 0.1) is 31.8 Å². The normalized spacial score (nSPS) is 10.9. The van der Waals surface area contributed by atoms with Crippen molar-refractivity contribution in [1.82, 2.24) is 0 Å². The number of benzene rings is 2. The number of methoxy groups -OCH3 is 3. The summed E-state index contributed by atoms with van der Waals surface area (Å²) in [5.74, 6) is 0.494. The van der Waals surface area contributed by atoms with E-state index in [0.29, 0.717) is 17.1 Å². The standard InChI is InChI=1S/C19H19NO7/c1-24-17-9-8-13(11-18(17)25-2)10-14(19(21)26-3)12-27-16-7-5-4-6-15(16)20(22)23/h4-11H,12H2,1-3H3/b14-10+. The van der Waals surface area contributed by atoms with E-state index in [-0.39, 0.29) is 23.6 Å². The molecule has 0 saturated heterocycles. The molecule has 2 aromatic rings. The number of nitro benzene ring substituents is 1. The lowest BCUT2D eigenvalue weighted by atomic mass is 10.1. The number of ether oxygens (including phenoxy) is 4. The number of carbonyl (C=O) groups excluding carboxylic acids is 1. The van der Waals surface area contributed by atoms with Gasteiger partial charge in [0.2, 0.25) is 0 Å². The Labute approximate surface area is 156 Å². The fraction of sp³-hybridized carbons (Fsp3) is 0.211. The van der Waals surface area contributed by atoms with E-state index in [2.05, 4.69) is 0 Å². The van der Waals surface area contributed by atoms with Gasteiger partial charge in [0.15, 0.2) is 17.2 Å². The number of hydrogen-bond acceptors (Lipinski definition) is 7. The van der Waals surface area contributed by atoms with Gasteiger partial charge < -0.3 is 18.9 Å². The van der Waals surface area contributed by atoms with E-state index < -0.39 is 10.9 Å². The maximum atomic E-state index is 12.1. The molecular weight excluding hydrogens is 354 g/mol. The van der Waals surface area contributed by atoms with Gasteiger partial charge in [-0.05, 0) is 29.8 Å². The van der Waals surface area contributed by atoms with Crippen molar-refractivity contribution in [2.24, 2.45) is 0 Å². The number of carbonyl (C=O) groups is 1. The molecule has 0 aliphatic rings. The van der Waals surface area contributed by atoms with Crippen LogP contribution >= 0.6 is 0 Å². The van der Waals surface area contributed by atoms with E-state index in [1.165, 1.54) is 39.5 Å². The van der Waals surface area contributed by atoms with E-state index in [0.717, 1.165) is 0 Å². The molecule has 0 heterocycles. The van der Waals surface area contributed by atoms with Crippen LogP contribution in [0.5, 0.6) is 17.2 Å². The van der Waals surface area contributed by atoms with Crippen LogP contribution in [0.15, 0.2) is 48.0 Å². The third-order valence-corrected chi connectivity index (χ3v) is 3.64. The van der Waals surface area contributed by atoms with Gasteiger partial charge in [-0.3, -0.25) is 10.1 Å². The minimum Gasteiger partial charge on any atom is -0.493 e. The molecule has 27 heavy (non-hydrogen) atoms. The maximum absolute atomic E-state index is 12.1. The van der Waals surface area contributed by atoms with Gasteiger partial charge in [0.25, 0.3) is 0 Å². The second kappa shape index (κ2) is 9.23. The first kappa shape index (κ1) is 19.8. The third-order valence-electron chi connectivity index (χ3n) is 3.64. The monoisotopic (exact) mass is 373 g/mol. The molecule has 142 valence electrons. The molecule has 0 radical (unpaired) electrons. The highest BCUT2D eigenvalue weighted by molar-refractivity contribution is 5.94. The SMILES string of the molecule is COC(=O)/C(=C/c1ccc(OC)c(OC)c1)COc1ccccc1[N+](=O)[O-]. The molecule has 2 aromatic carbocycles. The average molecular weight is 373 g/mol. The minimum atomic E-state index is -0.608. The summed E-state index contributed by atoms with van der Waals surface area (Å²) < 4.78 is 20.7. The predicted molar refractivity (Wildman–Crippen MR) is 98.1 cm³/mol. The van der Waals surface area contributed by atoms with Crippen molar-refractivity contribution in [3.63, 3.8) is 0 Å². The topological polar surface area (TPSA) is 97.1 Å². The Hall–Kier alpha value is -3.55. The molecule has 0 atom stereocenters. The number of nitrogens with zero attached hydrogens (tertiary/aromatic N) is 1. The van der Waals surface area contributed by atoms with E-state index in [9.17, 15) is 14.9 Å². The molecule has 0 N–H and O–H groups in total. The molecule has 8 heteroatoms. The molecule has 0 saturated carbocycles. The van der Waals surface area contributed by atoms with Gasteiger partial charge in [0.1, 0.15) is 6.61 Å². The molecule has 0 aliphatic heterocycles. The van der Waals surface area contributed by atoms with Gasteiger partial charge in [-0.15, -0.1) is 0 Å². The molecule has 0 bridgehead atoms.